The second kappa shape index (κ2) is 16.7. The summed E-state index contributed by atoms with van der Waals surface area (Å²) >= 11 is -1.72. The zero-order valence-corrected chi connectivity index (χ0v) is 36.5. The number of furan rings is 1. The van der Waals surface area contributed by atoms with Crippen LogP contribution in [-0.2, 0) is 26.5 Å². The molecular weight excluding hydrogens is 885 g/mol. The van der Waals surface area contributed by atoms with Gasteiger partial charge < -0.3 is 9.40 Å². The molecule has 0 atom stereocenters. The van der Waals surface area contributed by atoms with Crippen LogP contribution in [-0.4, -0.2) is 23.2 Å². The van der Waals surface area contributed by atoms with E-state index in [1.807, 2.05) is 48.7 Å². The van der Waals surface area contributed by atoms with E-state index in [1.165, 1.54) is 38.6 Å². The molecule has 0 aliphatic heterocycles. The van der Waals surface area contributed by atoms with Gasteiger partial charge >= 0.3 is 99.8 Å². The fraction of sp³-hybridized carbons (Fsp3) is 0.292. The van der Waals surface area contributed by atoms with Crippen molar-refractivity contribution in [3.05, 3.63) is 137 Å². The number of rotatable bonds is 6. The van der Waals surface area contributed by atoms with E-state index < -0.39 is 19.6 Å². The van der Waals surface area contributed by atoms with Crippen LogP contribution in [0.25, 0.3) is 55.6 Å². The van der Waals surface area contributed by atoms with Crippen LogP contribution < -0.4 is 4.40 Å². The maximum Gasteiger partial charge on any atom is 0 e. The summed E-state index contributed by atoms with van der Waals surface area (Å²) in [7, 11) is 0. The molecule has 1 aliphatic carbocycles. The number of fused-ring (bicyclic) bond motifs is 3. The first-order valence-electron chi connectivity index (χ1n) is 19.7. The smallest absolute Gasteiger partial charge is 0 e. The molecule has 0 spiro atoms. The van der Waals surface area contributed by atoms with Crippen LogP contribution in [0.1, 0.15) is 62.7 Å². The van der Waals surface area contributed by atoms with Crippen LogP contribution >= 0.6 is 0 Å². The van der Waals surface area contributed by atoms with Gasteiger partial charge in [0.05, 0.1) is 5.58 Å². The van der Waals surface area contributed by atoms with E-state index in [1.54, 1.807) is 6.20 Å². The van der Waals surface area contributed by atoms with Gasteiger partial charge in [0.1, 0.15) is 5.58 Å². The Labute approximate surface area is 335 Å². The first-order valence-corrected chi connectivity index (χ1v) is 26.0. The molecular formula is C48H50GeIrN2O-2. The van der Waals surface area contributed by atoms with Gasteiger partial charge in [-0.1, -0.05) is 78.4 Å². The topological polar surface area (TPSA) is 38.9 Å². The molecule has 1 radical (unpaired) electrons. The van der Waals surface area contributed by atoms with E-state index in [0.717, 1.165) is 70.0 Å². The third-order valence-electron chi connectivity index (χ3n) is 10.3. The molecule has 0 saturated heterocycles. The molecule has 5 heteroatoms. The normalized spacial score (nSPS) is 14.2. The molecule has 4 aromatic carbocycles. The Hall–Kier alpha value is -3.83. The molecule has 1 fully saturated rings. The van der Waals surface area contributed by atoms with E-state index in [2.05, 4.69) is 110 Å². The van der Waals surface area contributed by atoms with Crippen LogP contribution in [0, 0.1) is 45.7 Å². The van der Waals surface area contributed by atoms with Crippen molar-refractivity contribution in [1.82, 2.24) is 9.97 Å². The molecule has 0 amide bonds. The van der Waals surface area contributed by atoms with Gasteiger partial charge in [0.25, 0.3) is 0 Å². The van der Waals surface area contributed by atoms with E-state index in [4.69, 9.17) is 7.16 Å². The minimum Gasteiger partial charge on any atom is 0 e. The third-order valence-corrected chi connectivity index (χ3v) is 14.6. The van der Waals surface area contributed by atoms with Gasteiger partial charge in [-0.05, 0) is 85.6 Å². The predicted molar refractivity (Wildman–Crippen MR) is 222 cm³/mol. The number of aryl methyl sites for hydroxylation is 4. The van der Waals surface area contributed by atoms with Crippen molar-refractivity contribution in [2.75, 3.05) is 0 Å². The van der Waals surface area contributed by atoms with Crippen molar-refractivity contribution >= 4 is 39.6 Å². The first kappa shape index (κ1) is 36.2. The Morgan fingerprint density at radius 3 is 2.25 bits per heavy atom. The Kier molecular flexibility index (Phi) is 11.4. The molecule has 1 saturated carbocycles. The quantitative estimate of drug-likeness (QED) is 0.123. The van der Waals surface area contributed by atoms with Gasteiger partial charge in [0.2, 0.25) is 0 Å². The largest absolute Gasteiger partial charge is 0 e. The zero-order valence-electron chi connectivity index (χ0n) is 34.0. The summed E-state index contributed by atoms with van der Waals surface area (Å²) < 4.78 is 25.9. The summed E-state index contributed by atoms with van der Waals surface area (Å²) in [5, 5.41) is 2.15. The molecule has 3 nitrogen and oxygen atoms in total. The Morgan fingerprint density at radius 2 is 1.57 bits per heavy atom. The van der Waals surface area contributed by atoms with Gasteiger partial charge in [0.15, 0.2) is 0 Å². The first-order chi connectivity index (χ1) is 25.8. The Balaban J connectivity index is 0.000000254. The summed E-state index contributed by atoms with van der Waals surface area (Å²) in [6.07, 6.45) is 7.70. The molecule has 0 unspecified atom stereocenters. The van der Waals surface area contributed by atoms with E-state index in [9.17, 15) is 0 Å². The fourth-order valence-corrected chi connectivity index (χ4v) is 9.91. The van der Waals surface area contributed by atoms with Gasteiger partial charge in [-0.3, -0.25) is 0 Å². The standard InChI is InChI=1S/C34H34NO.C14H16GeN.Ir/c1-21-15-22(2)32(23(3)16-21)27-17-24(4)33-29-12-8-11-28(34(29)36-31(33)20-27)30-19-26(13-14-35-30)18-25-9-6-5-7-10-25;1-15(2,3)13-9-10-14(16-11-13)12-7-5-4-6-8-12;/h8,12-17,19-20,25H,5-7,9-10,18H2,1-4H3;4-7,9-11H,1-3H3;/q2*-1;/i18D2;;. The predicted octanol–water partition coefficient (Wildman–Crippen LogP) is 12.6. The molecule has 0 bridgehead atoms. The molecule has 53 heavy (non-hydrogen) atoms. The average molecular weight is 938 g/mol. The van der Waals surface area contributed by atoms with Crippen molar-refractivity contribution in [1.29, 1.82) is 0 Å². The molecule has 7 aromatic rings. The molecule has 3 heterocycles. The van der Waals surface area contributed by atoms with Crippen LogP contribution in [0.2, 0.25) is 17.3 Å². The van der Waals surface area contributed by atoms with E-state index in [-0.39, 0.29) is 26.0 Å². The van der Waals surface area contributed by atoms with E-state index >= 15 is 0 Å². The summed E-state index contributed by atoms with van der Waals surface area (Å²) in [5.74, 6) is 7.19. The van der Waals surface area contributed by atoms with Crippen LogP contribution in [0.15, 0.2) is 102 Å². The van der Waals surface area contributed by atoms with Crippen molar-refractivity contribution in [2.45, 2.75) is 83.4 Å². The van der Waals surface area contributed by atoms with Crippen molar-refractivity contribution in [3.63, 3.8) is 0 Å². The second-order valence-corrected chi connectivity index (χ2v) is 26.2. The van der Waals surface area contributed by atoms with Crippen LogP contribution in [0.3, 0.4) is 0 Å². The number of benzene rings is 4. The molecule has 8 rings (SSSR count). The second-order valence-electron chi connectivity index (χ2n) is 15.5. The SMILES string of the molecule is [2H]C([2H])(c1ccnc(-c2[c-]ccc3c2oc2cc(-c4c(C)cc(C)cc4C)cc(C)c23)c1)C1CCCCC1.[CH3][Ge]([CH3])([CH3])[c]1ccc(-c2[c-]cccc2)nc1.[Ir]. The summed E-state index contributed by atoms with van der Waals surface area (Å²) in [6, 6.07) is 35.5. The fourth-order valence-electron chi connectivity index (χ4n) is 7.74. The third kappa shape index (κ3) is 8.78. The van der Waals surface area contributed by atoms with Crippen LogP contribution in [0.4, 0.5) is 0 Å². The molecule has 273 valence electrons. The number of hydrogen-bond donors (Lipinski definition) is 0. The zero-order chi connectivity index (χ0) is 38.2. The van der Waals surface area contributed by atoms with Gasteiger partial charge in [-0.15, -0.1) is 18.2 Å². The minimum absolute atomic E-state index is 0. The molecule has 1 aliphatic rings. The summed E-state index contributed by atoms with van der Waals surface area (Å²) in [4.78, 5) is 9.18. The van der Waals surface area contributed by atoms with Gasteiger partial charge in [-0.2, -0.15) is 0 Å². The number of nitrogens with zero attached hydrogens (tertiary/aromatic N) is 2. The van der Waals surface area contributed by atoms with E-state index in [0.29, 0.717) is 11.3 Å². The molecule has 3 aromatic heterocycles. The molecule has 0 N–H and O–H groups in total. The Bertz CT molecular complexity index is 2410. The van der Waals surface area contributed by atoms with Crippen LogP contribution in [0.5, 0.6) is 0 Å². The number of hydrogen-bond acceptors (Lipinski definition) is 3. The van der Waals surface area contributed by atoms with Gasteiger partial charge in [-0.25, -0.2) is 0 Å². The minimum atomic E-state index is -1.72. The monoisotopic (exact) mass is 939 g/mol. The Morgan fingerprint density at radius 1 is 0.792 bits per heavy atom. The number of aromatic nitrogens is 2. The van der Waals surface area contributed by atoms with Crippen molar-refractivity contribution in [2.24, 2.45) is 5.92 Å². The van der Waals surface area contributed by atoms with Crippen molar-refractivity contribution < 1.29 is 27.3 Å². The number of pyridine rings is 2. The average Bonchev–Trinajstić information content (AvgIpc) is 3.55. The van der Waals surface area contributed by atoms with Crippen molar-refractivity contribution in [3.8, 4) is 33.6 Å². The summed E-state index contributed by atoms with van der Waals surface area (Å²) in [5.41, 5.74) is 13.2. The summed E-state index contributed by atoms with van der Waals surface area (Å²) in [6.45, 7) is 8.63. The maximum absolute atomic E-state index is 8.96. The maximum atomic E-state index is 8.96. The van der Waals surface area contributed by atoms with Gasteiger partial charge in [0, 0.05) is 34.4 Å².